The summed E-state index contributed by atoms with van der Waals surface area (Å²) in [5.41, 5.74) is 2.68. The fourth-order valence-electron chi connectivity index (χ4n) is 3.34. The van der Waals surface area contributed by atoms with Crippen LogP contribution >= 0.6 is 0 Å². The minimum atomic E-state index is -0.955. The van der Waals surface area contributed by atoms with Gasteiger partial charge in [-0.15, -0.1) is 10.2 Å². The molecule has 140 valence electrons. The van der Waals surface area contributed by atoms with Crippen molar-refractivity contribution in [2.75, 3.05) is 0 Å². The van der Waals surface area contributed by atoms with Crippen LogP contribution in [0.3, 0.4) is 0 Å². The first-order valence-electron chi connectivity index (χ1n) is 9.08. The molecule has 0 unspecified atom stereocenters. The zero-order chi connectivity index (χ0) is 18.8. The molecule has 0 bridgehead atoms. The summed E-state index contributed by atoms with van der Waals surface area (Å²) < 4.78 is 21.3. The first kappa shape index (κ1) is 17.5. The van der Waals surface area contributed by atoms with E-state index in [4.69, 9.17) is 4.74 Å². The summed E-state index contributed by atoms with van der Waals surface area (Å²) >= 11 is 0. The van der Waals surface area contributed by atoms with E-state index in [1.165, 1.54) is 0 Å². The number of benzene rings is 1. The number of hydrogen-bond acceptors (Lipinski definition) is 5. The van der Waals surface area contributed by atoms with Crippen molar-refractivity contribution in [3.63, 3.8) is 0 Å². The number of hydrogen-bond donors (Lipinski definition) is 1. The van der Waals surface area contributed by atoms with E-state index in [2.05, 4.69) is 15.3 Å². The maximum atomic E-state index is 13.9. The van der Waals surface area contributed by atoms with E-state index in [0.29, 0.717) is 30.0 Å². The predicted molar refractivity (Wildman–Crippen MR) is 99.1 cm³/mol. The van der Waals surface area contributed by atoms with Crippen LogP contribution in [0.15, 0.2) is 42.6 Å². The third kappa shape index (κ3) is 3.77. The summed E-state index contributed by atoms with van der Waals surface area (Å²) in [6.45, 7) is 0. The van der Waals surface area contributed by atoms with Crippen LogP contribution in [-0.2, 0) is 7.05 Å². The molecule has 6 nitrogen and oxygen atoms in total. The summed E-state index contributed by atoms with van der Waals surface area (Å²) in [5.74, 6) is 0.398. The third-order valence-electron chi connectivity index (χ3n) is 4.82. The number of alkyl halides is 1. The molecule has 0 saturated heterocycles. The topological polar surface area (TPSA) is 73.1 Å². The number of nitrogens with zero attached hydrogens (tertiary/aromatic N) is 4. The van der Waals surface area contributed by atoms with Crippen molar-refractivity contribution >= 4 is 0 Å². The normalized spacial score (nSPS) is 19.8. The molecule has 2 atom stereocenters. The molecular formula is C20H21FN4O2. The lowest BCUT2D eigenvalue weighted by atomic mass is 9.96. The van der Waals surface area contributed by atoms with Gasteiger partial charge in [0, 0.05) is 30.4 Å². The standard InChI is InChI=1S/C20H21FN4O2/c1-25-11-10-16(24-25)13-6-7-14(18(26)12-13)17-8-9-20(23-22-17)27-19-5-3-2-4-15(19)21/h6-12,15,19,26H,2-5H2,1H3/t15-,19+/m0/s1. The van der Waals surface area contributed by atoms with Gasteiger partial charge in [0.05, 0.1) is 11.4 Å². The van der Waals surface area contributed by atoms with Crippen molar-refractivity contribution in [3.05, 3.63) is 42.6 Å². The highest BCUT2D eigenvalue weighted by atomic mass is 19.1. The Morgan fingerprint density at radius 3 is 2.59 bits per heavy atom. The van der Waals surface area contributed by atoms with Crippen LogP contribution in [-0.4, -0.2) is 37.4 Å². The van der Waals surface area contributed by atoms with Crippen molar-refractivity contribution in [1.29, 1.82) is 0 Å². The summed E-state index contributed by atoms with van der Waals surface area (Å²) in [6, 6.07) is 10.6. The van der Waals surface area contributed by atoms with Crippen LogP contribution in [0.4, 0.5) is 4.39 Å². The van der Waals surface area contributed by atoms with Crippen LogP contribution in [0.2, 0.25) is 0 Å². The Morgan fingerprint density at radius 1 is 1.07 bits per heavy atom. The van der Waals surface area contributed by atoms with Crippen molar-refractivity contribution in [3.8, 4) is 34.1 Å². The number of halogens is 1. The van der Waals surface area contributed by atoms with Gasteiger partial charge in [-0.05, 0) is 43.5 Å². The van der Waals surface area contributed by atoms with Crippen LogP contribution in [0, 0.1) is 0 Å². The highest BCUT2D eigenvalue weighted by Crippen LogP contribution is 2.32. The van der Waals surface area contributed by atoms with E-state index in [1.807, 2.05) is 25.4 Å². The molecule has 0 radical (unpaired) electrons. The predicted octanol–water partition coefficient (Wildman–Crippen LogP) is 3.91. The number of aromatic nitrogens is 4. The molecule has 3 aromatic rings. The highest BCUT2D eigenvalue weighted by molar-refractivity contribution is 5.72. The monoisotopic (exact) mass is 368 g/mol. The average Bonchev–Trinajstić information content (AvgIpc) is 3.11. The first-order valence-corrected chi connectivity index (χ1v) is 9.08. The van der Waals surface area contributed by atoms with E-state index < -0.39 is 12.3 Å². The second-order valence-corrected chi connectivity index (χ2v) is 6.82. The Labute approximate surface area is 156 Å². The minimum absolute atomic E-state index is 0.0947. The number of rotatable bonds is 4. The Morgan fingerprint density at radius 2 is 1.93 bits per heavy atom. The average molecular weight is 368 g/mol. The zero-order valence-corrected chi connectivity index (χ0v) is 15.0. The Kier molecular flexibility index (Phi) is 4.75. The molecule has 7 heteroatoms. The highest BCUT2D eigenvalue weighted by Gasteiger charge is 2.26. The van der Waals surface area contributed by atoms with Crippen LogP contribution in [0.5, 0.6) is 11.6 Å². The smallest absolute Gasteiger partial charge is 0.233 e. The Hall–Kier alpha value is -2.96. The van der Waals surface area contributed by atoms with Gasteiger partial charge in [-0.25, -0.2) is 4.39 Å². The molecule has 1 aliphatic rings. The summed E-state index contributed by atoms with van der Waals surface area (Å²) in [5, 5.41) is 22.9. The van der Waals surface area contributed by atoms with Gasteiger partial charge in [0.25, 0.3) is 0 Å². The number of aryl methyl sites for hydroxylation is 1. The number of ether oxygens (including phenoxy) is 1. The minimum Gasteiger partial charge on any atom is -0.507 e. The number of phenols is 1. The fourth-order valence-corrected chi connectivity index (χ4v) is 3.34. The molecule has 0 aliphatic heterocycles. The number of phenolic OH excluding ortho intramolecular Hbond substituents is 1. The van der Waals surface area contributed by atoms with Gasteiger partial charge in [-0.2, -0.15) is 5.10 Å². The molecular weight excluding hydrogens is 347 g/mol. The Bertz CT molecular complexity index is 926. The molecule has 1 saturated carbocycles. The van der Waals surface area contributed by atoms with E-state index in [9.17, 15) is 9.50 Å². The van der Waals surface area contributed by atoms with E-state index in [0.717, 1.165) is 24.1 Å². The maximum Gasteiger partial charge on any atom is 0.233 e. The maximum absolute atomic E-state index is 13.9. The lowest BCUT2D eigenvalue weighted by molar-refractivity contribution is 0.0594. The zero-order valence-electron chi connectivity index (χ0n) is 15.0. The van der Waals surface area contributed by atoms with Gasteiger partial charge in [-0.3, -0.25) is 4.68 Å². The van der Waals surface area contributed by atoms with Crippen molar-refractivity contribution < 1.29 is 14.2 Å². The van der Waals surface area contributed by atoms with Crippen molar-refractivity contribution in [1.82, 2.24) is 20.0 Å². The Balaban J connectivity index is 1.51. The molecule has 27 heavy (non-hydrogen) atoms. The van der Waals surface area contributed by atoms with E-state index >= 15 is 0 Å². The van der Waals surface area contributed by atoms with Gasteiger partial charge in [0.15, 0.2) is 0 Å². The fraction of sp³-hybridized carbons (Fsp3) is 0.350. The van der Waals surface area contributed by atoms with E-state index in [1.54, 1.807) is 28.9 Å². The van der Waals surface area contributed by atoms with Crippen LogP contribution < -0.4 is 4.74 Å². The lowest BCUT2D eigenvalue weighted by Gasteiger charge is -2.25. The first-order chi connectivity index (χ1) is 13.1. The second kappa shape index (κ2) is 7.34. The van der Waals surface area contributed by atoms with Gasteiger partial charge >= 0.3 is 0 Å². The molecule has 0 spiro atoms. The molecule has 1 N–H and O–H groups in total. The van der Waals surface area contributed by atoms with Crippen molar-refractivity contribution in [2.45, 2.75) is 38.0 Å². The summed E-state index contributed by atoms with van der Waals surface area (Å²) in [7, 11) is 1.84. The van der Waals surface area contributed by atoms with Gasteiger partial charge in [0.2, 0.25) is 5.88 Å². The van der Waals surface area contributed by atoms with Gasteiger partial charge < -0.3 is 9.84 Å². The van der Waals surface area contributed by atoms with Crippen molar-refractivity contribution in [2.24, 2.45) is 7.05 Å². The number of aromatic hydroxyl groups is 1. The van der Waals surface area contributed by atoms with Crippen LogP contribution in [0.25, 0.3) is 22.5 Å². The second-order valence-electron chi connectivity index (χ2n) is 6.82. The third-order valence-corrected chi connectivity index (χ3v) is 4.82. The summed E-state index contributed by atoms with van der Waals surface area (Å²) in [6.07, 6.45) is 3.53. The molecule has 4 rings (SSSR count). The molecule has 0 amide bonds. The van der Waals surface area contributed by atoms with Gasteiger partial charge in [0.1, 0.15) is 18.0 Å². The molecule has 1 aliphatic carbocycles. The summed E-state index contributed by atoms with van der Waals surface area (Å²) in [4.78, 5) is 0. The lowest BCUT2D eigenvalue weighted by Crippen LogP contribution is -2.32. The quantitative estimate of drug-likeness (QED) is 0.756. The van der Waals surface area contributed by atoms with Crippen LogP contribution in [0.1, 0.15) is 25.7 Å². The molecule has 1 aromatic carbocycles. The van der Waals surface area contributed by atoms with E-state index in [-0.39, 0.29) is 5.75 Å². The SMILES string of the molecule is Cn1ccc(-c2ccc(-c3ccc(O[C@@H]4CCCC[C@@H]4F)nn3)c(O)c2)n1. The largest absolute Gasteiger partial charge is 0.507 e. The molecule has 2 heterocycles. The molecule has 1 fully saturated rings. The van der Waals surface area contributed by atoms with Gasteiger partial charge in [-0.1, -0.05) is 12.5 Å². The molecule has 2 aromatic heterocycles.